The van der Waals surface area contributed by atoms with Crippen LogP contribution in [0.3, 0.4) is 0 Å². The van der Waals surface area contributed by atoms with E-state index in [1.54, 1.807) is 72.9 Å². The second kappa shape index (κ2) is 21.9. The molecule has 0 saturated heterocycles. The van der Waals surface area contributed by atoms with Gasteiger partial charge in [0.25, 0.3) is 24.2 Å². The molecule has 6 heterocycles. The van der Waals surface area contributed by atoms with Crippen molar-refractivity contribution in [2.75, 3.05) is 74.4 Å². The number of aromatic nitrogens is 3. The summed E-state index contributed by atoms with van der Waals surface area (Å²) in [6.07, 6.45) is 4.59. The lowest BCUT2D eigenvalue weighted by Crippen LogP contribution is -2.32. The van der Waals surface area contributed by atoms with E-state index in [0.29, 0.717) is 104 Å². The van der Waals surface area contributed by atoms with E-state index in [1.165, 1.54) is 9.13 Å². The van der Waals surface area contributed by atoms with Gasteiger partial charge in [-0.2, -0.15) is 0 Å². The minimum atomic E-state index is -0.701. The predicted octanol–water partition coefficient (Wildman–Crippen LogP) is 8.00. The first kappa shape index (κ1) is 50.9. The summed E-state index contributed by atoms with van der Waals surface area (Å²) in [5, 5.41) is 11.4. The monoisotopic (exact) mass is 985 g/mol. The van der Waals surface area contributed by atoms with Gasteiger partial charge in [0.1, 0.15) is 17.1 Å². The average Bonchev–Trinajstić information content (AvgIpc) is 4.25. The average molecular weight is 986 g/mol. The maximum atomic E-state index is 14.9. The molecule has 18 nitrogen and oxygen atoms in total. The summed E-state index contributed by atoms with van der Waals surface area (Å²) in [5.41, 5.74) is 7.52. The molecule has 0 saturated carbocycles. The number of carbonyl (C=O) groups excluding carboxylic acids is 7. The van der Waals surface area contributed by atoms with E-state index in [9.17, 15) is 33.6 Å². The third kappa shape index (κ3) is 9.19. The van der Waals surface area contributed by atoms with Gasteiger partial charge in [0, 0.05) is 92.0 Å². The molecular formula is C54H63N7O11. The van der Waals surface area contributed by atoms with E-state index in [0.717, 1.165) is 59.0 Å². The number of aliphatic hydroxyl groups excluding tert-OH is 1. The maximum Gasteiger partial charge on any atom is 0.419 e. The highest BCUT2D eigenvalue weighted by Gasteiger charge is 2.37. The molecule has 1 N–H and O–H groups in total. The smallest absolute Gasteiger partial charge is 0.419 e. The molecule has 380 valence electrons. The standard InChI is InChI=1S/C51H57N7O9.C3H6O2/c1-6-9-23-52(4)47(61)44-29-35-32-22-26-56(40(32)17-18-41(35)57(44)50(64)66-7-2)49(63)45-30-36-33-21-25-55(39(33)16-19-42(36)58(45)51(65)67-8-3)48(62)43-28-34-31-20-24-54(46(60)13-11-10-12-27-59)38(31)15-14-37(34)53(43)5;1-2-5-3-4/h14-19,28-30,59H,6-13,20-27H2,1-5H3;3H,2H2,1H3. The molecule has 18 heteroatoms. The van der Waals surface area contributed by atoms with Crippen LogP contribution in [0.4, 0.5) is 26.7 Å². The minimum Gasteiger partial charge on any atom is -0.468 e. The Morgan fingerprint density at radius 3 is 1.61 bits per heavy atom. The van der Waals surface area contributed by atoms with E-state index in [4.69, 9.17) is 14.6 Å². The Morgan fingerprint density at radius 1 is 0.611 bits per heavy atom. The summed E-state index contributed by atoms with van der Waals surface area (Å²) in [6, 6.07) is 16.4. The Bertz CT molecular complexity index is 3110. The third-order valence-electron chi connectivity index (χ3n) is 13.9. The SMILES string of the molecule is CCCCN(C)C(=O)c1cc2c3c(ccc2n1C(=O)OCC)N(C(=O)c1cc2c4c(ccc2n1C(=O)OCC)N(C(=O)c1cc2c5c(ccc2n1C)N(C(=O)CCCCCO)CC5)CC4)CC3.CCOC=O. The van der Waals surface area contributed by atoms with Crippen molar-refractivity contribution in [3.05, 3.63) is 88.4 Å². The molecule has 0 atom stereocenters. The summed E-state index contributed by atoms with van der Waals surface area (Å²) in [5.74, 6) is -0.857. The highest BCUT2D eigenvalue weighted by molar-refractivity contribution is 6.16. The molecule has 72 heavy (non-hydrogen) atoms. The zero-order valence-corrected chi connectivity index (χ0v) is 42.0. The first-order chi connectivity index (χ1) is 34.8. The maximum absolute atomic E-state index is 14.9. The Balaban J connectivity index is 0.00000132. The molecule has 3 aliphatic heterocycles. The Kier molecular flexibility index (Phi) is 15.5. The van der Waals surface area contributed by atoms with E-state index >= 15 is 0 Å². The number of rotatable bonds is 15. The van der Waals surface area contributed by atoms with Gasteiger partial charge in [-0.1, -0.05) is 19.8 Å². The van der Waals surface area contributed by atoms with E-state index in [-0.39, 0.29) is 55.5 Å². The fraction of sp³-hybridized carbons (Fsp3) is 0.426. The zero-order valence-electron chi connectivity index (χ0n) is 42.0. The van der Waals surface area contributed by atoms with Gasteiger partial charge in [-0.05, 0) is 131 Å². The number of amides is 4. The van der Waals surface area contributed by atoms with E-state index < -0.39 is 18.1 Å². The Labute approximate surface area is 417 Å². The van der Waals surface area contributed by atoms with Gasteiger partial charge < -0.3 is 43.5 Å². The van der Waals surface area contributed by atoms with Crippen molar-refractivity contribution in [1.82, 2.24) is 18.6 Å². The number of fused-ring (bicyclic) bond motifs is 9. The molecule has 4 amide bonds. The fourth-order valence-electron chi connectivity index (χ4n) is 10.4. The molecule has 9 rings (SSSR count). The van der Waals surface area contributed by atoms with Crippen LogP contribution in [0.25, 0.3) is 32.7 Å². The third-order valence-corrected chi connectivity index (χ3v) is 13.9. The summed E-state index contributed by atoms with van der Waals surface area (Å²) < 4.78 is 19.6. The van der Waals surface area contributed by atoms with Gasteiger partial charge in [-0.3, -0.25) is 24.0 Å². The van der Waals surface area contributed by atoms with Gasteiger partial charge >= 0.3 is 12.2 Å². The van der Waals surface area contributed by atoms with Crippen LogP contribution >= 0.6 is 0 Å². The van der Waals surface area contributed by atoms with Gasteiger partial charge in [0.15, 0.2) is 0 Å². The molecular weight excluding hydrogens is 923 g/mol. The number of aryl methyl sites for hydroxylation is 1. The first-order valence-electron chi connectivity index (χ1n) is 25.0. The van der Waals surface area contributed by atoms with Gasteiger partial charge in [0.2, 0.25) is 5.91 Å². The number of nitrogens with zero attached hydrogens (tertiary/aromatic N) is 7. The van der Waals surface area contributed by atoms with Crippen LogP contribution in [-0.2, 0) is 50.1 Å². The van der Waals surface area contributed by atoms with Crippen LogP contribution in [0.1, 0.15) is 114 Å². The van der Waals surface area contributed by atoms with Crippen molar-refractivity contribution in [3.63, 3.8) is 0 Å². The molecule has 0 spiro atoms. The van der Waals surface area contributed by atoms with Gasteiger partial charge in [-0.25, -0.2) is 18.7 Å². The van der Waals surface area contributed by atoms with Gasteiger partial charge in [0.05, 0.1) is 30.9 Å². The second-order valence-electron chi connectivity index (χ2n) is 18.1. The molecule has 3 aliphatic rings. The van der Waals surface area contributed by atoms with Gasteiger partial charge in [-0.15, -0.1) is 0 Å². The summed E-state index contributed by atoms with van der Waals surface area (Å²) >= 11 is 0. The van der Waals surface area contributed by atoms with E-state index in [2.05, 4.69) is 4.74 Å². The highest BCUT2D eigenvalue weighted by atomic mass is 16.6. The van der Waals surface area contributed by atoms with Crippen LogP contribution in [0.15, 0.2) is 54.6 Å². The van der Waals surface area contributed by atoms with Crippen LogP contribution in [0.2, 0.25) is 0 Å². The number of carbonyl (C=O) groups is 7. The molecule has 0 unspecified atom stereocenters. The lowest BCUT2D eigenvalue weighted by atomic mass is 10.1. The first-order valence-corrected chi connectivity index (χ1v) is 25.0. The fourth-order valence-corrected chi connectivity index (χ4v) is 10.4. The van der Waals surface area contributed by atoms with Crippen molar-refractivity contribution >= 4 is 92.1 Å². The van der Waals surface area contributed by atoms with Crippen molar-refractivity contribution in [2.24, 2.45) is 7.05 Å². The number of hydrogen-bond acceptors (Lipinski definition) is 11. The summed E-state index contributed by atoms with van der Waals surface area (Å²) in [6.45, 7) is 10.2. The topological polar surface area (TPSA) is 195 Å². The molecule has 3 aromatic carbocycles. The lowest BCUT2D eigenvalue weighted by Gasteiger charge is -2.19. The quantitative estimate of drug-likeness (QED) is 0.0595. The number of aliphatic hydroxyl groups is 1. The number of benzene rings is 3. The van der Waals surface area contributed by atoms with Crippen LogP contribution < -0.4 is 14.7 Å². The van der Waals surface area contributed by atoms with Crippen molar-refractivity contribution in [2.45, 2.75) is 85.5 Å². The Morgan fingerprint density at radius 2 is 1.10 bits per heavy atom. The van der Waals surface area contributed by atoms with Crippen molar-refractivity contribution in [1.29, 1.82) is 0 Å². The van der Waals surface area contributed by atoms with Crippen LogP contribution in [-0.4, -0.2) is 126 Å². The molecule has 0 aliphatic carbocycles. The Hall–Kier alpha value is -7.47. The molecule has 6 aromatic rings. The van der Waals surface area contributed by atoms with Crippen molar-refractivity contribution in [3.8, 4) is 0 Å². The van der Waals surface area contributed by atoms with Crippen LogP contribution in [0.5, 0.6) is 0 Å². The molecule has 3 aromatic heterocycles. The summed E-state index contributed by atoms with van der Waals surface area (Å²) in [4.78, 5) is 99.5. The lowest BCUT2D eigenvalue weighted by molar-refractivity contribution is -0.128. The normalized spacial score (nSPS) is 13.5. The largest absolute Gasteiger partial charge is 0.468 e. The number of anilines is 3. The zero-order chi connectivity index (χ0) is 51.4. The number of ether oxygens (including phenoxy) is 3. The minimum absolute atomic E-state index is 0.0635. The van der Waals surface area contributed by atoms with E-state index in [1.807, 2.05) is 47.7 Å². The van der Waals surface area contributed by atoms with Crippen molar-refractivity contribution < 1.29 is 52.9 Å². The van der Waals surface area contributed by atoms with Crippen LogP contribution in [0, 0.1) is 0 Å². The number of hydrogen-bond donors (Lipinski definition) is 1. The highest BCUT2D eigenvalue weighted by Crippen LogP contribution is 2.42. The predicted molar refractivity (Wildman–Crippen MR) is 274 cm³/mol. The molecule has 0 radical (unpaired) electrons. The molecule has 0 fully saturated rings. The molecule has 0 bridgehead atoms. The number of unbranched alkanes of at least 4 members (excludes halogenated alkanes) is 3. The second-order valence-corrected chi connectivity index (χ2v) is 18.1. The summed E-state index contributed by atoms with van der Waals surface area (Å²) in [7, 11) is 3.59.